The van der Waals surface area contributed by atoms with Crippen LogP contribution in [0.3, 0.4) is 0 Å². The lowest BCUT2D eigenvalue weighted by molar-refractivity contribution is -0.143. The van der Waals surface area contributed by atoms with Crippen molar-refractivity contribution >= 4 is 11.9 Å². The molecule has 0 bridgehead atoms. The molecule has 0 aromatic rings. The number of allylic oxidation sites excluding steroid dienone is 3. The van der Waals surface area contributed by atoms with E-state index in [4.69, 9.17) is 4.74 Å². The summed E-state index contributed by atoms with van der Waals surface area (Å²) in [5, 5.41) is 23.2. The van der Waals surface area contributed by atoms with Gasteiger partial charge >= 0.3 is 5.97 Å². The Morgan fingerprint density at radius 2 is 0.610 bits per heavy atom. The lowest BCUT2D eigenvalue weighted by atomic mass is 10.0. The molecule has 0 aliphatic rings. The monoisotopic (exact) mass is 1080 g/mol. The minimum Gasteiger partial charge on any atom is -0.466 e. The van der Waals surface area contributed by atoms with Crippen molar-refractivity contribution in [3.63, 3.8) is 0 Å². The van der Waals surface area contributed by atoms with Crippen LogP contribution in [-0.4, -0.2) is 47.4 Å². The van der Waals surface area contributed by atoms with Crippen molar-refractivity contribution in [1.82, 2.24) is 5.32 Å². The molecular weight excluding hydrogens is 947 g/mol. The fourth-order valence-electron chi connectivity index (χ4n) is 11.1. The Hall–Kier alpha value is -1.66. The molecule has 0 saturated heterocycles. The van der Waals surface area contributed by atoms with Gasteiger partial charge in [0.15, 0.2) is 0 Å². The van der Waals surface area contributed by atoms with E-state index in [1.54, 1.807) is 6.08 Å². The molecule has 77 heavy (non-hydrogen) atoms. The fourth-order valence-corrected chi connectivity index (χ4v) is 11.1. The van der Waals surface area contributed by atoms with E-state index in [2.05, 4.69) is 31.3 Å². The number of rotatable bonds is 66. The fraction of sp³-hybridized carbons (Fsp3) is 0.915. The number of hydrogen-bond donors (Lipinski definition) is 3. The standard InChI is InChI=1S/C71H137NO5/c1-3-5-7-9-11-13-15-17-18-33-36-40-43-47-51-55-59-63-69(74)68(67-73)72-70(75)64-60-56-52-48-44-41-37-34-31-29-27-25-23-21-19-20-22-24-26-28-30-32-35-38-42-46-50-54-58-62-66-77-71(76)65-61-57-53-49-45-39-16-14-12-10-8-6-4-2/h14,16,59,63,68-69,73-74H,3-13,15,17-58,60-62,64-67H2,1-2H3,(H,72,75)/b16-14-,63-59+. The number of hydrogen-bond acceptors (Lipinski definition) is 5. The molecular formula is C71H137NO5. The molecule has 0 fully saturated rings. The molecule has 2 unspecified atom stereocenters. The lowest BCUT2D eigenvalue weighted by Gasteiger charge is -2.20. The summed E-state index contributed by atoms with van der Waals surface area (Å²) in [6.07, 6.45) is 84.0. The topological polar surface area (TPSA) is 95.9 Å². The second-order valence-electron chi connectivity index (χ2n) is 24.2. The normalized spacial score (nSPS) is 12.6. The molecule has 0 heterocycles. The van der Waals surface area contributed by atoms with Crippen molar-refractivity contribution in [3.8, 4) is 0 Å². The minimum atomic E-state index is -0.842. The molecule has 0 spiro atoms. The van der Waals surface area contributed by atoms with E-state index >= 15 is 0 Å². The number of amides is 1. The molecule has 6 nitrogen and oxygen atoms in total. The quantitative estimate of drug-likeness (QED) is 0.0320. The first kappa shape index (κ1) is 75.3. The predicted octanol–water partition coefficient (Wildman–Crippen LogP) is 22.5. The van der Waals surface area contributed by atoms with Gasteiger partial charge in [0.1, 0.15) is 0 Å². The van der Waals surface area contributed by atoms with Crippen LogP contribution in [0.1, 0.15) is 393 Å². The molecule has 456 valence electrons. The largest absolute Gasteiger partial charge is 0.466 e. The third-order valence-electron chi connectivity index (χ3n) is 16.5. The van der Waals surface area contributed by atoms with Gasteiger partial charge in [-0.05, 0) is 57.8 Å². The molecule has 0 rings (SSSR count). The van der Waals surface area contributed by atoms with Crippen LogP contribution in [0, 0.1) is 0 Å². The highest BCUT2D eigenvalue weighted by molar-refractivity contribution is 5.76. The Morgan fingerprint density at radius 1 is 0.351 bits per heavy atom. The SMILES string of the molecule is CCCCCC/C=C\CCCCCCCC(=O)OCCCCCCCCCCCCCCCCCCCCCCCCCCCCCCCCC(=O)NC(CO)C(O)/C=C/CCCCCCCCCCCCCCCCC. The Morgan fingerprint density at radius 3 is 0.935 bits per heavy atom. The first-order valence-electron chi connectivity index (χ1n) is 35.1. The first-order chi connectivity index (χ1) is 38.0. The van der Waals surface area contributed by atoms with E-state index in [9.17, 15) is 19.8 Å². The van der Waals surface area contributed by atoms with E-state index in [0.717, 1.165) is 44.9 Å². The molecule has 0 saturated carbocycles. The highest BCUT2D eigenvalue weighted by atomic mass is 16.5. The van der Waals surface area contributed by atoms with Crippen molar-refractivity contribution in [2.75, 3.05) is 13.2 Å². The van der Waals surface area contributed by atoms with Gasteiger partial charge in [-0.15, -0.1) is 0 Å². The van der Waals surface area contributed by atoms with Crippen LogP contribution in [0.2, 0.25) is 0 Å². The summed E-state index contributed by atoms with van der Waals surface area (Å²) in [6, 6.07) is -0.625. The van der Waals surface area contributed by atoms with Gasteiger partial charge in [-0.2, -0.15) is 0 Å². The zero-order valence-corrected chi connectivity index (χ0v) is 52.2. The van der Waals surface area contributed by atoms with Gasteiger partial charge in [0.25, 0.3) is 0 Å². The van der Waals surface area contributed by atoms with Crippen molar-refractivity contribution in [2.24, 2.45) is 0 Å². The van der Waals surface area contributed by atoms with Crippen molar-refractivity contribution in [3.05, 3.63) is 24.3 Å². The molecule has 2 atom stereocenters. The maximum Gasteiger partial charge on any atom is 0.305 e. The summed E-state index contributed by atoms with van der Waals surface area (Å²) in [6.45, 7) is 4.92. The predicted molar refractivity (Wildman–Crippen MR) is 338 cm³/mol. The van der Waals surface area contributed by atoms with Gasteiger partial charge in [-0.1, -0.05) is 346 Å². The molecule has 3 N–H and O–H groups in total. The Labute approximate surface area is 481 Å². The zero-order valence-electron chi connectivity index (χ0n) is 52.2. The highest BCUT2D eigenvalue weighted by Crippen LogP contribution is 2.19. The van der Waals surface area contributed by atoms with Crippen molar-refractivity contribution < 1.29 is 24.5 Å². The number of aliphatic hydroxyl groups excluding tert-OH is 2. The lowest BCUT2D eigenvalue weighted by Crippen LogP contribution is -2.45. The van der Waals surface area contributed by atoms with Crippen LogP contribution in [0.5, 0.6) is 0 Å². The number of nitrogens with one attached hydrogen (secondary N) is 1. The van der Waals surface area contributed by atoms with Gasteiger partial charge in [0.05, 0.1) is 25.4 Å². The molecule has 6 heteroatoms. The average molecular weight is 1080 g/mol. The number of carbonyl (C=O) groups excluding carboxylic acids is 2. The van der Waals surface area contributed by atoms with Gasteiger partial charge in [-0.25, -0.2) is 0 Å². The summed E-state index contributed by atoms with van der Waals surface area (Å²) < 4.78 is 5.48. The summed E-state index contributed by atoms with van der Waals surface area (Å²) in [7, 11) is 0. The number of esters is 1. The number of carbonyl (C=O) groups is 2. The first-order valence-corrected chi connectivity index (χ1v) is 35.1. The van der Waals surface area contributed by atoms with Crippen LogP contribution < -0.4 is 5.32 Å². The van der Waals surface area contributed by atoms with E-state index in [0.29, 0.717) is 19.4 Å². The number of ether oxygens (including phenoxy) is 1. The highest BCUT2D eigenvalue weighted by Gasteiger charge is 2.18. The maximum absolute atomic E-state index is 12.5. The Balaban J connectivity index is 3.35. The van der Waals surface area contributed by atoms with Gasteiger partial charge in [-0.3, -0.25) is 9.59 Å². The molecule has 0 aromatic heterocycles. The second kappa shape index (κ2) is 66.8. The van der Waals surface area contributed by atoms with Crippen LogP contribution in [-0.2, 0) is 14.3 Å². The Kier molecular flexibility index (Phi) is 65.4. The minimum absolute atomic E-state index is 0.0110. The van der Waals surface area contributed by atoms with Gasteiger partial charge in [0, 0.05) is 12.8 Å². The second-order valence-corrected chi connectivity index (χ2v) is 24.2. The van der Waals surface area contributed by atoms with Crippen molar-refractivity contribution in [1.29, 1.82) is 0 Å². The molecule has 0 aliphatic heterocycles. The van der Waals surface area contributed by atoms with Crippen LogP contribution >= 0.6 is 0 Å². The summed E-state index contributed by atoms with van der Waals surface area (Å²) in [5.74, 6) is -0.0499. The number of unbranched alkanes of at least 4 members (excludes halogenated alkanes) is 53. The van der Waals surface area contributed by atoms with Gasteiger partial charge in [0.2, 0.25) is 5.91 Å². The van der Waals surface area contributed by atoms with E-state index in [-0.39, 0.29) is 18.5 Å². The molecule has 0 aliphatic carbocycles. The number of aliphatic hydroxyl groups is 2. The summed E-state index contributed by atoms with van der Waals surface area (Å²) in [5.41, 5.74) is 0. The third kappa shape index (κ3) is 63.4. The summed E-state index contributed by atoms with van der Waals surface area (Å²) >= 11 is 0. The van der Waals surface area contributed by atoms with E-state index in [1.807, 2.05) is 6.08 Å². The molecule has 0 radical (unpaired) electrons. The van der Waals surface area contributed by atoms with Crippen molar-refractivity contribution in [2.45, 2.75) is 405 Å². The van der Waals surface area contributed by atoms with E-state index < -0.39 is 12.1 Å². The van der Waals surface area contributed by atoms with Gasteiger partial charge < -0.3 is 20.3 Å². The summed E-state index contributed by atoms with van der Waals surface area (Å²) in [4.78, 5) is 24.5. The zero-order chi connectivity index (χ0) is 55.7. The smallest absolute Gasteiger partial charge is 0.305 e. The molecule has 0 aromatic carbocycles. The average Bonchev–Trinajstić information content (AvgIpc) is 3.43. The Bertz CT molecular complexity index is 1200. The van der Waals surface area contributed by atoms with Crippen LogP contribution in [0.15, 0.2) is 24.3 Å². The maximum atomic E-state index is 12.5. The van der Waals surface area contributed by atoms with E-state index in [1.165, 1.54) is 321 Å². The van der Waals surface area contributed by atoms with Crippen LogP contribution in [0.25, 0.3) is 0 Å². The third-order valence-corrected chi connectivity index (χ3v) is 16.5. The van der Waals surface area contributed by atoms with Crippen LogP contribution in [0.4, 0.5) is 0 Å². The molecule has 1 amide bonds.